The van der Waals surface area contributed by atoms with Gasteiger partial charge in [-0.3, -0.25) is 4.90 Å². The number of halogens is 1. The van der Waals surface area contributed by atoms with Crippen LogP contribution in [0.4, 0.5) is 0 Å². The van der Waals surface area contributed by atoms with Crippen LogP contribution in [0.3, 0.4) is 0 Å². The van der Waals surface area contributed by atoms with E-state index in [9.17, 15) is 0 Å². The molecule has 90 valence electrons. The van der Waals surface area contributed by atoms with Crippen LogP contribution in [0.1, 0.15) is 25.1 Å². The van der Waals surface area contributed by atoms with Crippen molar-refractivity contribution < 1.29 is 0 Å². The molecule has 0 radical (unpaired) electrons. The van der Waals surface area contributed by atoms with E-state index in [-0.39, 0.29) is 0 Å². The van der Waals surface area contributed by atoms with Gasteiger partial charge in [0.15, 0.2) is 0 Å². The van der Waals surface area contributed by atoms with Crippen LogP contribution < -0.4 is 5.73 Å². The van der Waals surface area contributed by atoms with Gasteiger partial charge in [-0.1, -0.05) is 6.92 Å². The van der Waals surface area contributed by atoms with Gasteiger partial charge < -0.3 is 5.73 Å². The fraction of sp³-hybridized carbons (Fsp3) is 0.667. The summed E-state index contributed by atoms with van der Waals surface area (Å²) in [5.41, 5.74) is 6.10. The molecule has 1 saturated heterocycles. The quantitative estimate of drug-likeness (QED) is 0.910. The highest BCUT2D eigenvalue weighted by Crippen LogP contribution is 2.28. The van der Waals surface area contributed by atoms with E-state index in [1.54, 1.807) is 0 Å². The summed E-state index contributed by atoms with van der Waals surface area (Å²) in [5.74, 6) is 0.590. The Labute approximate surface area is 110 Å². The summed E-state index contributed by atoms with van der Waals surface area (Å²) in [7, 11) is 0. The van der Waals surface area contributed by atoms with Crippen LogP contribution in [0.5, 0.6) is 0 Å². The van der Waals surface area contributed by atoms with E-state index in [0.29, 0.717) is 18.0 Å². The summed E-state index contributed by atoms with van der Waals surface area (Å²) in [4.78, 5) is 3.97. The summed E-state index contributed by atoms with van der Waals surface area (Å²) >= 11 is 5.43. The van der Waals surface area contributed by atoms with Crippen molar-refractivity contribution in [3.05, 3.63) is 20.8 Å². The van der Waals surface area contributed by atoms with E-state index in [1.807, 2.05) is 11.3 Å². The smallest absolute Gasteiger partial charge is 0.0342 e. The average Bonchev–Trinajstić information content (AvgIpc) is 2.65. The van der Waals surface area contributed by atoms with E-state index in [2.05, 4.69) is 46.1 Å². The lowest BCUT2D eigenvalue weighted by molar-refractivity contribution is 0.0918. The molecular weight excluding hydrogens is 284 g/mol. The Morgan fingerprint density at radius 2 is 2.31 bits per heavy atom. The van der Waals surface area contributed by atoms with Crippen molar-refractivity contribution in [3.8, 4) is 0 Å². The maximum absolute atomic E-state index is 6.10. The number of thiophene rings is 1. The molecule has 16 heavy (non-hydrogen) atoms. The number of piperidine rings is 1. The van der Waals surface area contributed by atoms with Gasteiger partial charge in [0.2, 0.25) is 0 Å². The third kappa shape index (κ3) is 2.50. The first-order chi connectivity index (χ1) is 7.59. The van der Waals surface area contributed by atoms with Crippen LogP contribution in [0.15, 0.2) is 15.9 Å². The lowest BCUT2D eigenvalue weighted by Crippen LogP contribution is -2.51. The molecule has 2 heterocycles. The Hall–Kier alpha value is 0.100. The molecule has 4 heteroatoms. The highest BCUT2D eigenvalue weighted by molar-refractivity contribution is 9.10. The van der Waals surface area contributed by atoms with Crippen molar-refractivity contribution in [3.63, 3.8) is 0 Å². The molecule has 0 aliphatic carbocycles. The lowest BCUT2D eigenvalue weighted by Gasteiger charge is -2.41. The highest BCUT2D eigenvalue weighted by atomic mass is 79.9. The molecular formula is C12H19BrN2S. The van der Waals surface area contributed by atoms with Crippen molar-refractivity contribution in [1.82, 2.24) is 4.90 Å². The molecule has 1 aliphatic rings. The minimum atomic E-state index is 0.373. The van der Waals surface area contributed by atoms with Crippen LogP contribution >= 0.6 is 27.3 Å². The van der Waals surface area contributed by atoms with E-state index >= 15 is 0 Å². The Kier molecular flexibility index (Phi) is 4.06. The van der Waals surface area contributed by atoms with Crippen LogP contribution in [-0.2, 0) is 6.54 Å². The summed E-state index contributed by atoms with van der Waals surface area (Å²) in [6.45, 7) is 6.74. The SMILES string of the molecule is CC1C(N)CCN(Cc2sccc2Br)C1C. The third-order valence-electron chi connectivity index (χ3n) is 3.80. The standard InChI is InChI=1S/C12H19BrN2S/c1-8-9(2)15(5-3-11(8)14)7-12-10(13)4-6-16-12/h4,6,8-9,11H,3,5,7,14H2,1-2H3. The van der Waals surface area contributed by atoms with Gasteiger partial charge in [-0.2, -0.15) is 0 Å². The molecule has 2 nitrogen and oxygen atoms in total. The van der Waals surface area contributed by atoms with Gasteiger partial charge in [0.1, 0.15) is 0 Å². The minimum absolute atomic E-state index is 0.373. The molecule has 3 atom stereocenters. The van der Waals surface area contributed by atoms with Gasteiger partial charge in [-0.15, -0.1) is 11.3 Å². The van der Waals surface area contributed by atoms with Crippen LogP contribution in [-0.4, -0.2) is 23.5 Å². The fourth-order valence-corrected chi connectivity index (χ4v) is 3.82. The fourth-order valence-electron chi connectivity index (χ4n) is 2.32. The molecule has 0 aromatic carbocycles. The van der Waals surface area contributed by atoms with Gasteiger partial charge in [-0.25, -0.2) is 0 Å². The van der Waals surface area contributed by atoms with Gasteiger partial charge in [0, 0.05) is 34.5 Å². The van der Waals surface area contributed by atoms with E-state index in [4.69, 9.17) is 5.73 Å². The van der Waals surface area contributed by atoms with Gasteiger partial charge in [-0.05, 0) is 46.6 Å². The Bertz CT molecular complexity index is 353. The predicted molar refractivity (Wildman–Crippen MR) is 73.6 cm³/mol. The van der Waals surface area contributed by atoms with Crippen molar-refractivity contribution >= 4 is 27.3 Å². The van der Waals surface area contributed by atoms with Crippen molar-refractivity contribution in [2.75, 3.05) is 6.54 Å². The summed E-state index contributed by atoms with van der Waals surface area (Å²) in [6.07, 6.45) is 1.12. The monoisotopic (exact) mass is 302 g/mol. The number of nitrogens with zero attached hydrogens (tertiary/aromatic N) is 1. The van der Waals surface area contributed by atoms with E-state index in [1.165, 1.54) is 9.35 Å². The van der Waals surface area contributed by atoms with Crippen molar-refractivity contribution in [2.24, 2.45) is 11.7 Å². The lowest BCUT2D eigenvalue weighted by atomic mass is 9.88. The molecule has 0 spiro atoms. The molecule has 0 saturated carbocycles. The van der Waals surface area contributed by atoms with Gasteiger partial charge in [0.25, 0.3) is 0 Å². The minimum Gasteiger partial charge on any atom is -0.327 e. The predicted octanol–water partition coefficient (Wildman–Crippen LogP) is 3.07. The second-order valence-electron chi connectivity index (χ2n) is 4.71. The van der Waals surface area contributed by atoms with Crippen LogP contribution in [0, 0.1) is 5.92 Å². The summed E-state index contributed by atoms with van der Waals surface area (Å²) in [6, 6.07) is 3.08. The second kappa shape index (κ2) is 5.17. The maximum Gasteiger partial charge on any atom is 0.0342 e. The van der Waals surface area contributed by atoms with Crippen molar-refractivity contribution in [2.45, 2.75) is 38.9 Å². The normalized spacial score (nSPS) is 31.9. The zero-order chi connectivity index (χ0) is 11.7. The topological polar surface area (TPSA) is 29.3 Å². The van der Waals surface area contributed by atoms with Crippen LogP contribution in [0.25, 0.3) is 0 Å². The molecule has 1 aliphatic heterocycles. The van der Waals surface area contributed by atoms with Crippen molar-refractivity contribution in [1.29, 1.82) is 0 Å². The number of hydrogen-bond donors (Lipinski definition) is 1. The Morgan fingerprint density at radius 3 is 2.94 bits per heavy atom. The summed E-state index contributed by atoms with van der Waals surface area (Å²) in [5, 5.41) is 2.14. The van der Waals surface area contributed by atoms with Crippen LogP contribution in [0.2, 0.25) is 0 Å². The summed E-state index contributed by atoms with van der Waals surface area (Å²) < 4.78 is 1.24. The maximum atomic E-state index is 6.10. The average molecular weight is 303 g/mol. The Balaban J connectivity index is 2.03. The zero-order valence-corrected chi connectivity index (χ0v) is 12.2. The molecule has 0 bridgehead atoms. The molecule has 3 unspecified atom stereocenters. The first kappa shape index (κ1) is 12.6. The number of likely N-dealkylation sites (tertiary alicyclic amines) is 1. The third-order valence-corrected chi connectivity index (χ3v) is 5.71. The van der Waals surface area contributed by atoms with Gasteiger partial charge >= 0.3 is 0 Å². The van der Waals surface area contributed by atoms with E-state index in [0.717, 1.165) is 19.5 Å². The van der Waals surface area contributed by atoms with E-state index < -0.39 is 0 Å². The molecule has 1 fully saturated rings. The first-order valence-electron chi connectivity index (χ1n) is 5.81. The highest BCUT2D eigenvalue weighted by Gasteiger charge is 2.30. The molecule has 2 rings (SSSR count). The Morgan fingerprint density at radius 1 is 1.56 bits per heavy atom. The number of hydrogen-bond acceptors (Lipinski definition) is 3. The molecule has 1 aromatic rings. The number of rotatable bonds is 2. The number of nitrogens with two attached hydrogens (primary N) is 1. The molecule has 1 aromatic heterocycles. The molecule has 2 N–H and O–H groups in total. The zero-order valence-electron chi connectivity index (χ0n) is 9.82. The van der Waals surface area contributed by atoms with Gasteiger partial charge in [0.05, 0.1) is 0 Å². The molecule has 0 amide bonds. The second-order valence-corrected chi connectivity index (χ2v) is 6.57. The largest absolute Gasteiger partial charge is 0.327 e. The first-order valence-corrected chi connectivity index (χ1v) is 7.48.